The van der Waals surface area contributed by atoms with Crippen LogP contribution in [0.25, 0.3) is 0 Å². The Hall–Kier alpha value is -2.05. The van der Waals surface area contributed by atoms with Crippen LogP contribution in [0, 0.1) is 23.3 Å². The summed E-state index contributed by atoms with van der Waals surface area (Å²) in [6.07, 6.45) is 26.1. The van der Waals surface area contributed by atoms with Gasteiger partial charge in [0, 0.05) is 12.3 Å². The van der Waals surface area contributed by atoms with Crippen molar-refractivity contribution in [3.8, 4) is 11.5 Å². The van der Waals surface area contributed by atoms with Crippen LogP contribution in [0.15, 0.2) is 24.3 Å². The van der Waals surface area contributed by atoms with Gasteiger partial charge in [0.25, 0.3) is 0 Å². The Labute approximate surface area is 319 Å². The summed E-state index contributed by atoms with van der Waals surface area (Å²) >= 11 is 0. The molecule has 0 unspecified atom stereocenters. The molecule has 9 heteroatoms. The number of ether oxygens (including phenoxy) is 2. The van der Waals surface area contributed by atoms with Gasteiger partial charge in [-0.25, -0.2) is 8.78 Å². The molecule has 0 radical (unpaired) electrons. The van der Waals surface area contributed by atoms with Gasteiger partial charge in [0.15, 0.2) is 23.1 Å². The Morgan fingerprint density at radius 2 is 0.774 bits per heavy atom. The molecular weight excluding hydrogens is 699 g/mol. The lowest BCUT2D eigenvalue weighted by Crippen LogP contribution is -2.03. The lowest BCUT2D eigenvalue weighted by atomic mass is 10.1. The van der Waals surface area contributed by atoms with E-state index in [1.807, 2.05) is 0 Å². The Morgan fingerprint density at radius 3 is 1.11 bits per heavy atom. The lowest BCUT2D eigenvalue weighted by Gasteiger charge is -2.11. The Bertz CT molecular complexity index is 1200. The van der Waals surface area contributed by atoms with E-state index >= 15 is 0 Å². The van der Waals surface area contributed by atoms with Crippen LogP contribution in [-0.2, 0) is 17.4 Å². The van der Waals surface area contributed by atoms with Crippen LogP contribution >= 0.6 is 7.37 Å². The van der Waals surface area contributed by atoms with Crippen molar-refractivity contribution in [3.05, 3.63) is 58.7 Å². The van der Waals surface area contributed by atoms with E-state index in [0.717, 1.165) is 154 Å². The maximum absolute atomic E-state index is 14.3. The van der Waals surface area contributed by atoms with E-state index in [9.17, 15) is 27.0 Å². The molecule has 0 fully saturated rings. The molecule has 304 valence electrons. The second-order valence-electron chi connectivity index (χ2n) is 15.0. The number of halogens is 4. The molecule has 0 amide bonds. The predicted molar refractivity (Wildman–Crippen MR) is 213 cm³/mol. The summed E-state index contributed by atoms with van der Waals surface area (Å²) in [7, 11) is -3.03. The highest BCUT2D eigenvalue weighted by Crippen LogP contribution is 2.42. The lowest BCUT2D eigenvalue weighted by molar-refractivity contribution is 0.284. The maximum Gasteiger partial charge on any atom is 0.200 e. The SMILES string of the molecule is CCCCCc1ccc(OCCCCCCCCCCCP(=O)(O)CCCCCCCCCCCOc2ccc(CCCCC)c(F)c2F)c(F)c1F. The minimum atomic E-state index is -3.03. The first kappa shape index (κ1) is 47.1. The van der Waals surface area contributed by atoms with Crippen molar-refractivity contribution in [2.45, 2.75) is 181 Å². The van der Waals surface area contributed by atoms with Gasteiger partial charge in [-0.15, -0.1) is 0 Å². The number of aryl methyl sites for hydroxylation is 2. The van der Waals surface area contributed by atoms with Gasteiger partial charge in [-0.3, -0.25) is 4.57 Å². The fraction of sp³-hybridized carbons (Fsp3) is 0.727. The largest absolute Gasteiger partial charge is 0.490 e. The summed E-state index contributed by atoms with van der Waals surface area (Å²) in [5.74, 6) is -3.29. The quantitative estimate of drug-likeness (QED) is 0.0437. The van der Waals surface area contributed by atoms with Crippen LogP contribution in [-0.4, -0.2) is 30.4 Å². The van der Waals surface area contributed by atoms with Gasteiger partial charge < -0.3 is 14.4 Å². The average molecular weight is 771 g/mol. The molecule has 0 saturated carbocycles. The molecule has 0 aliphatic carbocycles. The van der Waals surface area contributed by atoms with E-state index in [0.29, 0.717) is 49.5 Å². The summed E-state index contributed by atoms with van der Waals surface area (Å²) in [5, 5.41) is 0. The second kappa shape index (κ2) is 29.3. The normalized spacial score (nSPS) is 11.8. The fourth-order valence-corrected chi connectivity index (χ4v) is 8.42. The van der Waals surface area contributed by atoms with Gasteiger partial charge >= 0.3 is 0 Å². The minimum Gasteiger partial charge on any atom is -0.490 e. The van der Waals surface area contributed by atoms with Crippen LogP contribution in [0.3, 0.4) is 0 Å². The number of rotatable bonds is 34. The summed E-state index contributed by atoms with van der Waals surface area (Å²) in [4.78, 5) is 10.4. The van der Waals surface area contributed by atoms with Gasteiger partial charge in [0.05, 0.1) is 13.2 Å². The zero-order chi connectivity index (χ0) is 38.6. The maximum atomic E-state index is 14.3. The zero-order valence-electron chi connectivity index (χ0n) is 33.2. The van der Waals surface area contributed by atoms with E-state index in [4.69, 9.17) is 9.47 Å². The second-order valence-corrected chi connectivity index (χ2v) is 17.6. The van der Waals surface area contributed by atoms with Crippen molar-refractivity contribution < 1.29 is 36.5 Å². The van der Waals surface area contributed by atoms with Crippen molar-refractivity contribution in [2.75, 3.05) is 25.5 Å². The Balaban J connectivity index is 1.36. The molecule has 2 aromatic carbocycles. The smallest absolute Gasteiger partial charge is 0.200 e. The van der Waals surface area contributed by atoms with Gasteiger partial charge in [0.1, 0.15) is 0 Å². The van der Waals surface area contributed by atoms with E-state index in [1.54, 1.807) is 24.3 Å². The highest BCUT2D eigenvalue weighted by molar-refractivity contribution is 7.57. The first-order chi connectivity index (χ1) is 25.7. The van der Waals surface area contributed by atoms with Crippen LogP contribution in [0.2, 0.25) is 0 Å². The van der Waals surface area contributed by atoms with Crippen LogP contribution in [0.5, 0.6) is 11.5 Å². The molecule has 1 N–H and O–H groups in total. The molecule has 0 saturated heterocycles. The van der Waals surface area contributed by atoms with Crippen molar-refractivity contribution in [3.63, 3.8) is 0 Å². The van der Waals surface area contributed by atoms with Crippen molar-refractivity contribution >= 4 is 7.37 Å². The third-order valence-corrected chi connectivity index (χ3v) is 12.2. The van der Waals surface area contributed by atoms with Crippen molar-refractivity contribution in [1.29, 1.82) is 0 Å². The number of hydrogen-bond donors (Lipinski definition) is 1. The van der Waals surface area contributed by atoms with Gasteiger partial charge in [-0.2, -0.15) is 8.78 Å². The average Bonchev–Trinajstić information content (AvgIpc) is 3.14. The summed E-state index contributed by atoms with van der Waals surface area (Å²) < 4.78 is 80.8. The van der Waals surface area contributed by atoms with Crippen molar-refractivity contribution in [2.24, 2.45) is 0 Å². The van der Waals surface area contributed by atoms with E-state index < -0.39 is 30.6 Å². The third-order valence-electron chi connectivity index (χ3n) is 10.2. The molecule has 0 bridgehead atoms. The predicted octanol–water partition coefficient (Wildman–Crippen LogP) is 14.5. The molecule has 2 aromatic rings. The summed E-state index contributed by atoms with van der Waals surface area (Å²) in [5.41, 5.74) is 0.848. The van der Waals surface area contributed by atoms with E-state index in [-0.39, 0.29) is 11.5 Å². The Kier molecular flexibility index (Phi) is 26.0. The molecule has 0 heterocycles. The molecule has 0 aliphatic rings. The number of unbranched alkanes of at least 4 members (excludes halogenated alkanes) is 20. The van der Waals surface area contributed by atoms with Crippen LogP contribution in [0.4, 0.5) is 17.6 Å². The van der Waals surface area contributed by atoms with Crippen LogP contribution in [0.1, 0.15) is 179 Å². The Morgan fingerprint density at radius 1 is 0.453 bits per heavy atom. The summed E-state index contributed by atoms with van der Waals surface area (Å²) in [6, 6.07) is 6.39. The number of benzene rings is 2. The van der Waals surface area contributed by atoms with E-state index in [2.05, 4.69) is 13.8 Å². The molecule has 0 aromatic heterocycles. The molecular formula is C44H71F4O4P. The molecule has 2 rings (SSSR count). The topological polar surface area (TPSA) is 55.8 Å². The first-order valence-corrected chi connectivity index (χ1v) is 23.2. The minimum absolute atomic E-state index is 0.00374. The molecule has 0 spiro atoms. The van der Waals surface area contributed by atoms with Gasteiger partial charge in [-0.05, 0) is 74.6 Å². The van der Waals surface area contributed by atoms with E-state index in [1.165, 1.54) is 0 Å². The molecule has 4 nitrogen and oxygen atoms in total. The van der Waals surface area contributed by atoms with Crippen molar-refractivity contribution in [1.82, 2.24) is 0 Å². The summed E-state index contributed by atoms with van der Waals surface area (Å²) in [6.45, 7) is 4.94. The first-order valence-electron chi connectivity index (χ1n) is 21.2. The molecule has 0 atom stereocenters. The third kappa shape index (κ3) is 21.0. The zero-order valence-corrected chi connectivity index (χ0v) is 34.0. The number of hydrogen-bond acceptors (Lipinski definition) is 3. The highest BCUT2D eigenvalue weighted by atomic mass is 31.2. The fourth-order valence-electron chi connectivity index (χ4n) is 6.76. The highest BCUT2D eigenvalue weighted by Gasteiger charge is 2.17. The molecule has 0 aliphatic heterocycles. The van der Waals surface area contributed by atoms with Gasteiger partial charge in [-0.1, -0.05) is 142 Å². The van der Waals surface area contributed by atoms with Gasteiger partial charge in [0.2, 0.25) is 19.0 Å². The van der Waals surface area contributed by atoms with Crippen LogP contribution < -0.4 is 9.47 Å². The standard InChI is InChI=1S/C44H71F4O4P/c1-3-5-21-27-37-29-31-39(43(47)41(37)45)51-33-23-17-13-9-7-11-15-19-25-35-53(49,50)36-26-20-16-12-8-10-14-18-24-34-52-40-32-30-38(28-22-6-4-2)42(46)44(40)48/h29-32H,3-28,33-36H2,1-2H3,(H,49,50). The molecule has 53 heavy (non-hydrogen) atoms. The monoisotopic (exact) mass is 771 g/mol.